The van der Waals surface area contributed by atoms with Crippen molar-refractivity contribution in [3.63, 3.8) is 0 Å². The summed E-state index contributed by atoms with van der Waals surface area (Å²) in [6.45, 7) is 0.218. The van der Waals surface area contributed by atoms with Crippen LogP contribution in [-0.2, 0) is 11.3 Å². The Morgan fingerprint density at radius 1 is 1.03 bits per heavy atom. The molecule has 31 heavy (non-hydrogen) atoms. The summed E-state index contributed by atoms with van der Waals surface area (Å²) in [6, 6.07) is 20.2. The number of rotatable bonds is 7. The second-order valence-corrected chi connectivity index (χ2v) is 8.67. The van der Waals surface area contributed by atoms with E-state index in [9.17, 15) is 14.4 Å². The minimum Gasteiger partial charge on any atom is -0.311 e. The molecule has 0 fully saturated rings. The maximum atomic E-state index is 12.5. The minimum atomic E-state index is -0.587. The van der Waals surface area contributed by atoms with Crippen LogP contribution in [0.25, 0.3) is 10.6 Å². The first-order valence-corrected chi connectivity index (χ1v) is 11.1. The van der Waals surface area contributed by atoms with Gasteiger partial charge in [0.15, 0.2) is 4.34 Å². The third-order valence-electron chi connectivity index (χ3n) is 4.24. The van der Waals surface area contributed by atoms with Gasteiger partial charge in [-0.15, -0.1) is 10.2 Å². The van der Waals surface area contributed by atoms with E-state index in [0.29, 0.717) is 4.34 Å². The predicted molar refractivity (Wildman–Crippen MR) is 122 cm³/mol. The molecule has 2 aromatic carbocycles. The molecule has 8 nitrogen and oxygen atoms in total. The molecule has 0 aliphatic carbocycles. The van der Waals surface area contributed by atoms with Crippen LogP contribution < -0.4 is 16.6 Å². The van der Waals surface area contributed by atoms with Gasteiger partial charge in [-0.3, -0.25) is 19.1 Å². The van der Waals surface area contributed by atoms with Gasteiger partial charge in [-0.2, -0.15) is 0 Å². The van der Waals surface area contributed by atoms with Crippen molar-refractivity contribution in [3.05, 3.63) is 93.1 Å². The Morgan fingerprint density at radius 3 is 2.48 bits per heavy atom. The first-order valence-electron chi connectivity index (χ1n) is 9.28. The summed E-state index contributed by atoms with van der Waals surface area (Å²) >= 11 is 2.64. The molecule has 4 aromatic rings. The van der Waals surface area contributed by atoms with Crippen LogP contribution in [0.5, 0.6) is 0 Å². The molecular weight excluding hydrogens is 434 g/mol. The molecular formula is C21H17N5O3S2. The Hall–Kier alpha value is -3.50. The highest BCUT2D eigenvalue weighted by atomic mass is 32.2. The Morgan fingerprint density at radius 2 is 1.74 bits per heavy atom. The number of aromatic nitrogens is 4. The van der Waals surface area contributed by atoms with Crippen LogP contribution in [0.3, 0.4) is 0 Å². The summed E-state index contributed by atoms with van der Waals surface area (Å²) in [6.07, 6.45) is 0. The van der Waals surface area contributed by atoms with Crippen molar-refractivity contribution in [2.45, 2.75) is 10.9 Å². The molecule has 2 heterocycles. The van der Waals surface area contributed by atoms with Crippen LogP contribution in [0.2, 0.25) is 0 Å². The third-order valence-corrected chi connectivity index (χ3v) is 6.34. The average Bonchev–Trinajstić information content (AvgIpc) is 3.25. The maximum Gasteiger partial charge on any atom is 0.330 e. The Labute approximate surface area is 185 Å². The SMILES string of the molecule is O=C(CSc1nnc(-c2ccccc2)s1)Nc1cc(=O)[nH]c(=O)n1Cc1ccccc1. The van der Waals surface area contributed by atoms with Gasteiger partial charge in [-0.25, -0.2) is 4.79 Å². The van der Waals surface area contributed by atoms with Crippen LogP contribution in [0.15, 0.2) is 80.7 Å². The predicted octanol–water partition coefficient (Wildman–Crippen LogP) is 2.83. The number of amides is 1. The molecule has 0 saturated heterocycles. The summed E-state index contributed by atoms with van der Waals surface area (Å²) in [5.41, 5.74) is 0.665. The number of hydrogen-bond acceptors (Lipinski definition) is 7. The van der Waals surface area contributed by atoms with Crippen molar-refractivity contribution >= 4 is 34.8 Å². The summed E-state index contributed by atoms with van der Waals surface area (Å²) in [5.74, 6) is -0.144. The number of carbonyl (C=O) groups excluding carboxylic acids is 1. The zero-order valence-corrected chi connectivity index (χ0v) is 17.8. The molecule has 0 saturated carbocycles. The lowest BCUT2D eigenvalue weighted by molar-refractivity contribution is -0.113. The van der Waals surface area contributed by atoms with Gasteiger partial charge in [0.1, 0.15) is 10.8 Å². The first kappa shape index (κ1) is 20.8. The van der Waals surface area contributed by atoms with E-state index in [1.807, 2.05) is 60.7 Å². The van der Waals surface area contributed by atoms with Gasteiger partial charge in [0.25, 0.3) is 5.56 Å². The van der Waals surface area contributed by atoms with Crippen molar-refractivity contribution in [2.24, 2.45) is 0 Å². The molecule has 156 valence electrons. The zero-order valence-electron chi connectivity index (χ0n) is 16.1. The number of thioether (sulfide) groups is 1. The van der Waals surface area contributed by atoms with E-state index in [4.69, 9.17) is 0 Å². The smallest absolute Gasteiger partial charge is 0.311 e. The third kappa shape index (κ3) is 5.36. The zero-order chi connectivity index (χ0) is 21.6. The lowest BCUT2D eigenvalue weighted by atomic mass is 10.2. The van der Waals surface area contributed by atoms with Gasteiger partial charge in [0.05, 0.1) is 12.3 Å². The standard InChI is InChI=1S/C21H17N5O3S2/c27-17-11-16(26(20(29)23-17)12-14-7-3-1-4-8-14)22-18(28)13-30-21-25-24-19(31-21)15-9-5-2-6-10-15/h1-11H,12-13H2,(H,22,28)(H,23,27,29). The number of hydrogen-bond donors (Lipinski definition) is 2. The highest BCUT2D eigenvalue weighted by Gasteiger charge is 2.13. The van der Waals surface area contributed by atoms with E-state index in [-0.39, 0.29) is 24.0 Å². The van der Waals surface area contributed by atoms with Gasteiger partial charge in [-0.05, 0) is 5.56 Å². The molecule has 4 rings (SSSR count). The second kappa shape index (κ2) is 9.54. The van der Waals surface area contributed by atoms with Crippen LogP contribution in [0.1, 0.15) is 5.56 Å². The highest BCUT2D eigenvalue weighted by Crippen LogP contribution is 2.29. The largest absolute Gasteiger partial charge is 0.330 e. The van der Waals surface area contributed by atoms with Crippen molar-refractivity contribution in [1.29, 1.82) is 0 Å². The van der Waals surface area contributed by atoms with Crippen LogP contribution in [-0.4, -0.2) is 31.4 Å². The molecule has 0 radical (unpaired) electrons. The minimum absolute atomic E-state index is 0.0652. The number of nitrogens with one attached hydrogen (secondary N) is 2. The van der Waals surface area contributed by atoms with Gasteiger partial charge < -0.3 is 5.32 Å². The number of aromatic amines is 1. The van der Waals surface area contributed by atoms with Crippen molar-refractivity contribution in [3.8, 4) is 10.6 Å². The molecule has 0 aliphatic rings. The number of nitrogens with zero attached hydrogens (tertiary/aromatic N) is 3. The first-order chi connectivity index (χ1) is 15.1. The van der Waals surface area contributed by atoms with Gasteiger partial charge >= 0.3 is 5.69 Å². The lowest BCUT2D eigenvalue weighted by Gasteiger charge is -2.12. The van der Waals surface area contributed by atoms with Gasteiger partial charge in [0, 0.05) is 11.6 Å². The highest BCUT2D eigenvalue weighted by molar-refractivity contribution is 8.01. The molecule has 10 heteroatoms. The van der Waals surface area contributed by atoms with Crippen molar-refractivity contribution in [1.82, 2.24) is 19.7 Å². The summed E-state index contributed by atoms with van der Waals surface area (Å²) in [4.78, 5) is 38.8. The van der Waals surface area contributed by atoms with Crippen LogP contribution in [0.4, 0.5) is 5.82 Å². The number of carbonyl (C=O) groups is 1. The molecule has 0 atom stereocenters. The fourth-order valence-electron chi connectivity index (χ4n) is 2.82. The molecule has 0 unspecified atom stereocenters. The van der Waals surface area contributed by atoms with E-state index in [0.717, 1.165) is 16.1 Å². The Bertz CT molecular complexity index is 1300. The summed E-state index contributed by atoms with van der Waals surface area (Å²) < 4.78 is 1.97. The lowest BCUT2D eigenvalue weighted by Crippen LogP contribution is -2.33. The fraction of sp³-hybridized carbons (Fsp3) is 0.0952. The second-order valence-electron chi connectivity index (χ2n) is 6.47. The maximum absolute atomic E-state index is 12.5. The number of H-pyrrole nitrogens is 1. The average molecular weight is 452 g/mol. The topological polar surface area (TPSA) is 110 Å². The molecule has 1 amide bonds. The molecule has 2 aromatic heterocycles. The van der Waals surface area contributed by atoms with Gasteiger partial charge in [0.2, 0.25) is 5.91 Å². The van der Waals surface area contributed by atoms with E-state index >= 15 is 0 Å². The number of benzene rings is 2. The van der Waals surface area contributed by atoms with E-state index < -0.39 is 11.2 Å². The van der Waals surface area contributed by atoms with Crippen LogP contribution >= 0.6 is 23.1 Å². The molecule has 0 spiro atoms. The summed E-state index contributed by atoms with van der Waals surface area (Å²) in [5, 5.41) is 11.7. The normalized spacial score (nSPS) is 10.7. The van der Waals surface area contributed by atoms with E-state index in [1.165, 1.54) is 33.7 Å². The van der Waals surface area contributed by atoms with Gasteiger partial charge in [-0.1, -0.05) is 83.8 Å². The van der Waals surface area contributed by atoms with Crippen LogP contribution in [0, 0.1) is 0 Å². The fourth-order valence-corrected chi connectivity index (χ4v) is 4.48. The quantitative estimate of drug-likeness (QED) is 0.418. The van der Waals surface area contributed by atoms with Crippen molar-refractivity contribution < 1.29 is 4.79 Å². The molecule has 2 N–H and O–H groups in total. The van der Waals surface area contributed by atoms with E-state index in [2.05, 4.69) is 20.5 Å². The van der Waals surface area contributed by atoms with Crippen molar-refractivity contribution in [2.75, 3.05) is 11.1 Å². The number of anilines is 1. The summed E-state index contributed by atoms with van der Waals surface area (Å²) in [7, 11) is 0. The Balaban J connectivity index is 1.45. The Kier molecular flexibility index (Phi) is 6.39. The monoisotopic (exact) mass is 451 g/mol. The molecule has 0 bridgehead atoms. The molecule has 0 aliphatic heterocycles. The van der Waals surface area contributed by atoms with E-state index in [1.54, 1.807) is 0 Å².